The molecule has 0 bridgehead atoms. The fourth-order valence-electron chi connectivity index (χ4n) is 1.52. The van der Waals surface area contributed by atoms with Crippen LogP contribution in [0.25, 0.3) is 10.9 Å². The van der Waals surface area contributed by atoms with E-state index in [-0.39, 0.29) is 5.69 Å². The lowest BCUT2D eigenvalue weighted by atomic mass is 10.2. The molecule has 0 aliphatic heterocycles. The van der Waals surface area contributed by atoms with Gasteiger partial charge in [0.05, 0.1) is 10.4 Å². The van der Waals surface area contributed by atoms with Crippen LogP contribution in [0.2, 0.25) is 0 Å². The topological polar surface area (TPSA) is 68.9 Å². The molecular formula is C12H12ClN3O2S. The normalized spacial score (nSPS) is 12.5. The van der Waals surface area contributed by atoms with Gasteiger partial charge in [0.2, 0.25) is 0 Å². The number of thioether (sulfide) groups is 1. The summed E-state index contributed by atoms with van der Waals surface area (Å²) in [6, 6.07) is 4.61. The minimum atomic E-state index is -0.414. The number of nitro groups is 1. The van der Waals surface area contributed by atoms with Crippen molar-refractivity contribution in [3.63, 3.8) is 0 Å². The van der Waals surface area contributed by atoms with Gasteiger partial charge in [-0.25, -0.2) is 9.97 Å². The summed E-state index contributed by atoms with van der Waals surface area (Å²) in [4.78, 5) is 18.7. The van der Waals surface area contributed by atoms with Crippen molar-refractivity contribution in [1.29, 1.82) is 0 Å². The Morgan fingerprint density at radius 3 is 2.95 bits per heavy atom. The minimum Gasteiger partial charge on any atom is -0.258 e. The van der Waals surface area contributed by atoms with E-state index >= 15 is 0 Å². The predicted octanol–water partition coefficient (Wildman–Crippen LogP) is 3.51. The van der Waals surface area contributed by atoms with Gasteiger partial charge >= 0.3 is 0 Å². The first-order valence-electron chi connectivity index (χ1n) is 5.69. The summed E-state index contributed by atoms with van der Waals surface area (Å²) in [5.41, 5.74) is 0.760. The van der Waals surface area contributed by atoms with Crippen LogP contribution in [-0.2, 0) is 0 Å². The molecule has 0 N–H and O–H groups in total. The van der Waals surface area contributed by atoms with Gasteiger partial charge in [0.25, 0.3) is 5.69 Å². The zero-order valence-electron chi connectivity index (χ0n) is 10.2. The third-order valence-electron chi connectivity index (χ3n) is 2.56. The zero-order valence-corrected chi connectivity index (χ0v) is 11.8. The summed E-state index contributed by atoms with van der Waals surface area (Å²) in [6.45, 7) is 2.05. The van der Waals surface area contributed by atoms with E-state index in [9.17, 15) is 10.1 Å². The molecular weight excluding hydrogens is 286 g/mol. The molecule has 2 rings (SSSR count). The van der Waals surface area contributed by atoms with Crippen LogP contribution < -0.4 is 0 Å². The number of hydrogen-bond acceptors (Lipinski definition) is 5. The van der Waals surface area contributed by atoms with Crippen LogP contribution in [0, 0.1) is 16.0 Å². The highest BCUT2D eigenvalue weighted by Crippen LogP contribution is 2.28. The van der Waals surface area contributed by atoms with Gasteiger partial charge < -0.3 is 0 Å². The molecule has 0 spiro atoms. The number of nitro benzene ring substituents is 1. The fourth-order valence-corrected chi connectivity index (χ4v) is 2.75. The molecule has 1 atom stereocenters. The van der Waals surface area contributed by atoms with Gasteiger partial charge in [-0.2, -0.15) is 0 Å². The molecule has 19 heavy (non-hydrogen) atoms. The van der Waals surface area contributed by atoms with Gasteiger partial charge in [-0.3, -0.25) is 10.1 Å². The summed E-state index contributed by atoms with van der Waals surface area (Å²) in [6.07, 6.45) is 1.47. The van der Waals surface area contributed by atoms with Crippen molar-refractivity contribution in [3.8, 4) is 0 Å². The van der Waals surface area contributed by atoms with E-state index < -0.39 is 4.92 Å². The molecule has 0 saturated heterocycles. The van der Waals surface area contributed by atoms with E-state index in [4.69, 9.17) is 11.6 Å². The Kier molecular flexibility index (Phi) is 4.55. The lowest BCUT2D eigenvalue weighted by Crippen LogP contribution is -2.00. The zero-order chi connectivity index (χ0) is 13.8. The molecule has 1 aromatic carbocycles. The SMILES string of the molecule is CC(CCl)CSc1ncnc2ccc([N+](=O)[O-])cc12. The van der Waals surface area contributed by atoms with Gasteiger partial charge in [-0.05, 0) is 12.0 Å². The predicted molar refractivity (Wildman–Crippen MR) is 76.8 cm³/mol. The maximum Gasteiger partial charge on any atom is 0.270 e. The molecule has 7 heteroatoms. The maximum absolute atomic E-state index is 10.8. The first-order valence-corrected chi connectivity index (χ1v) is 7.21. The number of alkyl halides is 1. The van der Waals surface area contributed by atoms with E-state index in [1.54, 1.807) is 17.8 Å². The Bertz CT molecular complexity index is 609. The number of aromatic nitrogens is 2. The van der Waals surface area contributed by atoms with Crippen molar-refractivity contribution < 1.29 is 4.92 Å². The maximum atomic E-state index is 10.8. The largest absolute Gasteiger partial charge is 0.270 e. The van der Waals surface area contributed by atoms with E-state index in [0.29, 0.717) is 22.7 Å². The van der Waals surface area contributed by atoms with Crippen LogP contribution in [0.3, 0.4) is 0 Å². The summed E-state index contributed by atoms with van der Waals surface area (Å²) in [5, 5.41) is 12.3. The van der Waals surface area contributed by atoms with E-state index in [0.717, 1.165) is 10.8 Å². The molecule has 5 nitrogen and oxygen atoms in total. The van der Waals surface area contributed by atoms with E-state index in [1.807, 2.05) is 6.92 Å². The molecule has 1 unspecified atom stereocenters. The number of fused-ring (bicyclic) bond motifs is 1. The lowest BCUT2D eigenvalue weighted by molar-refractivity contribution is -0.384. The summed E-state index contributed by atoms with van der Waals surface area (Å²) < 4.78 is 0. The van der Waals surface area contributed by atoms with Gasteiger partial charge in [-0.15, -0.1) is 23.4 Å². The van der Waals surface area contributed by atoms with Crippen LogP contribution >= 0.6 is 23.4 Å². The van der Waals surface area contributed by atoms with Crippen LogP contribution in [-0.4, -0.2) is 26.5 Å². The summed E-state index contributed by atoms with van der Waals surface area (Å²) >= 11 is 7.31. The lowest BCUT2D eigenvalue weighted by Gasteiger charge is -2.07. The highest BCUT2D eigenvalue weighted by molar-refractivity contribution is 7.99. The molecule has 1 heterocycles. The van der Waals surface area contributed by atoms with Gasteiger partial charge in [0.1, 0.15) is 11.4 Å². The van der Waals surface area contributed by atoms with E-state index in [2.05, 4.69) is 9.97 Å². The Labute approximate surface area is 119 Å². The van der Waals surface area contributed by atoms with Gasteiger partial charge in [0.15, 0.2) is 0 Å². The smallest absolute Gasteiger partial charge is 0.258 e. The van der Waals surface area contributed by atoms with Crippen LogP contribution in [0.15, 0.2) is 29.6 Å². The number of benzene rings is 1. The van der Waals surface area contributed by atoms with Crippen molar-refractivity contribution in [2.24, 2.45) is 5.92 Å². The number of nitrogens with zero attached hydrogens (tertiary/aromatic N) is 3. The Hall–Kier alpha value is -1.40. The molecule has 2 aromatic rings. The number of rotatable bonds is 5. The molecule has 1 aromatic heterocycles. The molecule has 100 valence electrons. The molecule has 0 saturated carbocycles. The molecule has 0 aliphatic carbocycles. The monoisotopic (exact) mass is 297 g/mol. The standard InChI is InChI=1S/C12H12ClN3O2S/c1-8(5-13)6-19-12-10-4-9(16(17)18)2-3-11(10)14-7-15-12/h2-4,7-8H,5-6H2,1H3. The van der Waals surface area contributed by atoms with Crippen molar-refractivity contribution in [2.75, 3.05) is 11.6 Å². The van der Waals surface area contributed by atoms with Crippen LogP contribution in [0.5, 0.6) is 0 Å². The van der Waals surface area contributed by atoms with Gasteiger partial charge in [-0.1, -0.05) is 6.92 Å². The fraction of sp³-hybridized carbons (Fsp3) is 0.333. The number of hydrogen-bond donors (Lipinski definition) is 0. The van der Waals surface area contributed by atoms with Crippen molar-refractivity contribution in [2.45, 2.75) is 11.9 Å². The van der Waals surface area contributed by atoms with Crippen molar-refractivity contribution >= 4 is 40.0 Å². The van der Waals surface area contributed by atoms with Gasteiger partial charge in [0, 0.05) is 29.2 Å². The average molecular weight is 298 g/mol. The number of halogens is 1. The van der Waals surface area contributed by atoms with Crippen LogP contribution in [0.1, 0.15) is 6.92 Å². The second kappa shape index (κ2) is 6.16. The van der Waals surface area contributed by atoms with Crippen molar-refractivity contribution in [3.05, 3.63) is 34.6 Å². The first kappa shape index (κ1) is 14.0. The Morgan fingerprint density at radius 2 is 2.26 bits per heavy atom. The summed E-state index contributed by atoms with van der Waals surface area (Å²) in [7, 11) is 0. The second-order valence-electron chi connectivity index (χ2n) is 4.21. The highest BCUT2D eigenvalue weighted by Gasteiger charge is 2.11. The minimum absolute atomic E-state index is 0.0505. The summed E-state index contributed by atoms with van der Waals surface area (Å²) in [5.74, 6) is 1.75. The molecule has 0 aliphatic rings. The third kappa shape index (κ3) is 3.33. The quantitative estimate of drug-likeness (QED) is 0.278. The van der Waals surface area contributed by atoms with E-state index in [1.165, 1.54) is 18.5 Å². The third-order valence-corrected chi connectivity index (χ3v) is 4.42. The highest BCUT2D eigenvalue weighted by atomic mass is 35.5. The molecule has 0 fully saturated rings. The Balaban J connectivity index is 2.37. The second-order valence-corrected chi connectivity index (χ2v) is 5.53. The van der Waals surface area contributed by atoms with Crippen LogP contribution in [0.4, 0.5) is 5.69 Å². The average Bonchev–Trinajstić information content (AvgIpc) is 2.43. The number of non-ortho nitro benzene ring substituents is 1. The first-order chi connectivity index (χ1) is 9.11. The molecule has 0 radical (unpaired) electrons. The molecule has 0 amide bonds. The Morgan fingerprint density at radius 1 is 1.47 bits per heavy atom. The van der Waals surface area contributed by atoms with Crippen molar-refractivity contribution in [1.82, 2.24) is 9.97 Å².